The van der Waals surface area contributed by atoms with E-state index >= 15 is 0 Å². The molecule has 0 saturated carbocycles. The van der Waals surface area contributed by atoms with E-state index in [1.807, 2.05) is 31.5 Å². The molecule has 2 aromatic rings. The fourth-order valence-electron chi connectivity index (χ4n) is 2.18. The summed E-state index contributed by atoms with van der Waals surface area (Å²) in [5.41, 5.74) is 3.90. The van der Waals surface area contributed by atoms with Gasteiger partial charge in [0.05, 0.1) is 0 Å². The summed E-state index contributed by atoms with van der Waals surface area (Å²) in [6, 6.07) is 10.7. The van der Waals surface area contributed by atoms with Gasteiger partial charge in [-0.2, -0.15) is 5.26 Å². The first-order chi connectivity index (χ1) is 9.52. The molecule has 1 aromatic carbocycles. The second kappa shape index (κ2) is 5.89. The molecule has 0 aliphatic carbocycles. The van der Waals surface area contributed by atoms with Gasteiger partial charge in [-0.25, -0.2) is 4.39 Å². The van der Waals surface area contributed by atoms with Gasteiger partial charge in [-0.15, -0.1) is 0 Å². The van der Waals surface area contributed by atoms with E-state index in [4.69, 9.17) is 5.26 Å². The van der Waals surface area contributed by atoms with Crippen LogP contribution in [-0.4, -0.2) is 4.57 Å². The van der Waals surface area contributed by atoms with E-state index < -0.39 is 0 Å². The molecule has 0 aliphatic heterocycles. The zero-order chi connectivity index (χ0) is 14.7. The van der Waals surface area contributed by atoms with Gasteiger partial charge >= 0.3 is 0 Å². The number of nitrogens with one attached hydrogen (secondary N) is 1. The molecule has 3 nitrogen and oxygen atoms in total. The summed E-state index contributed by atoms with van der Waals surface area (Å²) in [6.45, 7) is 4.72. The predicted molar refractivity (Wildman–Crippen MR) is 76.5 cm³/mol. The maximum absolute atomic E-state index is 12.9. The summed E-state index contributed by atoms with van der Waals surface area (Å²) >= 11 is 0. The highest BCUT2D eigenvalue weighted by atomic mass is 19.1. The lowest BCUT2D eigenvalue weighted by Crippen LogP contribution is -2.18. The third kappa shape index (κ3) is 2.89. The highest BCUT2D eigenvalue weighted by Crippen LogP contribution is 2.17. The van der Waals surface area contributed by atoms with Crippen LogP contribution in [0.25, 0.3) is 0 Å². The molecule has 1 aromatic heterocycles. The van der Waals surface area contributed by atoms with Crippen LogP contribution in [-0.2, 0) is 13.6 Å². The number of benzene rings is 1. The van der Waals surface area contributed by atoms with E-state index in [1.165, 1.54) is 12.1 Å². The average Bonchev–Trinajstić information content (AvgIpc) is 2.73. The number of aromatic nitrogens is 1. The smallest absolute Gasteiger partial charge is 0.123 e. The minimum absolute atomic E-state index is 0.126. The quantitative estimate of drug-likeness (QED) is 0.927. The van der Waals surface area contributed by atoms with Crippen LogP contribution in [0.4, 0.5) is 4.39 Å². The van der Waals surface area contributed by atoms with Gasteiger partial charge in [-0.05, 0) is 43.2 Å². The van der Waals surface area contributed by atoms with Crippen molar-refractivity contribution in [3.05, 3.63) is 58.7 Å². The highest BCUT2D eigenvalue weighted by molar-refractivity contribution is 5.34. The van der Waals surface area contributed by atoms with Crippen molar-refractivity contribution in [1.29, 1.82) is 5.26 Å². The topological polar surface area (TPSA) is 40.8 Å². The van der Waals surface area contributed by atoms with E-state index in [2.05, 4.69) is 11.4 Å². The van der Waals surface area contributed by atoms with Gasteiger partial charge in [0.15, 0.2) is 0 Å². The maximum atomic E-state index is 12.9. The van der Waals surface area contributed by atoms with Crippen molar-refractivity contribution >= 4 is 0 Å². The molecule has 1 heterocycles. The van der Waals surface area contributed by atoms with Crippen molar-refractivity contribution in [2.75, 3.05) is 0 Å². The molecule has 104 valence electrons. The number of nitrogens with zero attached hydrogens (tertiary/aromatic N) is 2. The molecule has 1 unspecified atom stereocenters. The van der Waals surface area contributed by atoms with Gasteiger partial charge in [0.2, 0.25) is 0 Å². The fourth-order valence-corrected chi connectivity index (χ4v) is 2.18. The molecule has 1 atom stereocenters. The summed E-state index contributed by atoms with van der Waals surface area (Å²) in [5.74, 6) is -0.224. The molecule has 2 rings (SSSR count). The fraction of sp³-hybridized carbons (Fsp3) is 0.312. The maximum Gasteiger partial charge on any atom is 0.123 e. The molecule has 1 N–H and O–H groups in total. The van der Waals surface area contributed by atoms with Gasteiger partial charge < -0.3 is 9.88 Å². The monoisotopic (exact) mass is 271 g/mol. The van der Waals surface area contributed by atoms with E-state index in [1.54, 1.807) is 12.1 Å². The molecule has 0 bridgehead atoms. The lowest BCUT2D eigenvalue weighted by Gasteiger charge is -2.14. The van der Waals surface area contributed by atoms with Crippen molar-refractivity contribution in [3.63, 3.8) is 0 Å². The van der Waals surface area contributed by atoms with Crippen molar-refractivity contribution in [3.8, 4) is 6.07 Å². The summed E-state index contributed by atoms with van der Waals surface area (Å²) in [5, 5.41) is 12.4. The van der Waals surface area contributed by atoms with Crippen LogP contribution in [0.3, 0.4) is 0 Å². The predicted octanol–water partition coefficient (Wildman–Crippen LogP) is 3.20. The van der Waals surface area contributed by atoms with Crippen LogP contribution in [0.15, 0.2) is 30.3 Å². The standard InChI is InChI=1S/C16H18FN3/c1-11(13-4-6-15(17)7-5-13)19-10-14-8-16(9-18)20(3)12(14)2/h4-8,11,19H,10H2,1-3H3. The molecule has 4 heteroatoms. The van der Waals surface area contributed by atoms with Crippen molar-refractivity contribution in [2.24, 2.45) is 7.05 Å². The number of rotatable bonds is 4. The number of hydrogen-bond donors (Lipinski definition) is 1. The molecular weight excluding hydrogens is 253 g/mol. The molecule has 20 heavy (non-hydrogen) atoms. The first kappa shape index (κ1) is 14.3. The van der Waals surface area contributed by atoms with Crippen LogP contribution in [0.2, 0.25) is 0 Å². The molecule has 0 radical (unpaired) electrons. The van der Waals surface area contributed by atoms with E-state index in [9.17, 15) is 4.39 Å². The van der Waals surface area contributed by atoms with Crippen LogP contribution in [0.5, 0.6) is 0 Å². The Kier molecular flexibility index (Phi) is 4.21. The average molecular weight is 271 g/mol. The van der Waals surface area contributed by atoms with Gasteiger partial charge in [0.25, 0.3) is 0 Å². The molecule has 0 saturated heterocycles. The zero-order valence-electron chi connectivity index (χ0n) is 11.9. The molecule has 0 aliphatic rings. The van der Waals surface area contributed by atoms with Gasteiger partial charge in [-0.3, -0.25) is 0 Å². The number of halogens is 1. The Labute approximate surface area is 118 Å². The number of nitriles is 1. The normalized spacial score (nSPS) is 12.2. The van der Waals surface area contributed by atoms with Crippen LogP contribution < -0.4 is 5.32 Å². The Bertz CT molecular complexity index is 635. The van der Waals surface area contributed by atoms with E-state index in [-0.39, 0.29) is 11.9 Å². The third-order valence-corrected chi connectivity index (χ3v) is 3.72. The first-order valence-electron chi connectivity index (χ1n) is 6.57. The Hall–Kier alpha value is -2.12. The van der Waals surface area contributed by atoms with E-state index in [0.29, 0.717) is 12.2 Å². The first-order valence-corrected chi connectivity index (χ1v) is 6.57. The van der Waals surface area contributed by atoms with Crippen molar-refractivity contribution in [2.45, 2.75) is 26.4 Å². The Morgan fingerprint density at radius 2 is 2.00 bits per heavy atom. The lowest BCUT2D eigenvalue weighted by molar-refractivity contribution is 0.569. The molecule has 0 amide bonds. The SMILES string of the molecule is Cc1c(CNC(C)c2ccc(F)cc2)cc(C#N)n1C. The molecule has 0 spiro atoms. The van der Waals surface area contributed by atoms with Gasteiger partial charge in [0, 0.05) is 25.3 Å². The van der Waals surface area contributed by atoms with Crippen LogP contribution in [0.1, 0.15) is 35.5 Å². The molecular formula is C16H18FN3. The Morgan fingerprint density at radius 1 is 1.35 bits per heavy atom. The minimum Gasteiger partial charge on any atom is -0.340 e. The van der Waals surface area contributed by atoms with Crippen molar-refractivity contribution in [1.82, 2.24) is 9.88 Å². The molecule has 0 fully saturated rings. The Morgan fingerprint density at radius 3 is 2.55 bits per heavy atom. The lowest BCUT2D eigenvalue weighted by atomic mass is 10.1. The second-order valence-electron chi connectivity index (χ2n) is 4.97. The van der Waals surface area contributed by atoms with Crippen LogP contribution in [0, 0.1) is 24.1 Å². The third-order valence-electron chi connectivity index (χ3n) is 3.72. The summed E-state index contributed by atoms with van der Waals surface area (Å²) in [4.78, 5) is 0. The van der Waals surface area contributed by atoms with Gasteiger partial charge in [-0.1, -0.05) is 12.1 Å². The highest BCUT2D eigenvalue weighted by Gasteiger charge is 2.10. The summed E-state index contributed by atoms with van der Waals surface area (Å²) < 4.78 is 14.8. The van der Waals surface area contributed by atoms with Crippen molar-refractivity contribution < 1.29 is 4.39 Å². The summed E-state index contributed by atoms with van der Waals surface area (Å²) in [7, 11) is 1.89. The zero-order valence-corrected chi connectivity index (χ0v) is 11.9. The number of hydrogen-bond acceptors (Lipinski definition) is 2. The van der Waals surface area contributed by atoms with Gasteiger partial charge in [0.1, 0.15) is 17.6 Å². The second-order valence-corrected chi connectivity index (χ2v) is 4.97. The van der Waals surface area contributed by atoms with Crippen LogP contribution >= 0.6 is 0 Å². The summed E-state index contributed by atoms with van der Waals surface area (Å²) in [6.07, 6.45) is 0. The Balaban J connectivity index is 2.05. The largest absolute Gasteiger partial charge is 0.340 e. The van der Waals surface area contributed by atoms with E-state index in [0.717, 1.165) is 16.8 Å². The minimum atomic E-state index is -0.224.